The third kappa shape index (κ3) is 4.81. The summed E-state index contributed by atoms with van der Waals surface area (Å²) in [6.45, 7) is 1.61. The van der Waals surface area contributed by atoms with E-state index in [0.717, 1.165) is 10.2 Å². The molecule has 33 heavy (non-hydrogen) atoms. The number of para-hydroxylation sites is 1. The van der Waals surface area contributed by atoms with Crippen LogP contribution < -0.4 is 5.32 Å². The number of aromatic nitrogens is 1. The van der Waals surface area contributed by atoms with Crippen LogP contribution in [0, 0.1) is 6.92 Å². The van der Waals surface area contributed by atoms with Gasteiger partial charge in [-0.2, -0.15) is 0 Å². The number of carbonyl (C=O) groups excluding carboxylic acids is 3. The molecule has 1 N–H and O–H groups in total. The van der Waals surface area contributed by atoms with Crippen molar-refractivity contribution in [3.63, 3.8) is 0 Å². The van der Waals surface area contributed by atoms with Crippen LogP contribution in [0.25, 0.3) is 20.8 Å². The first-order valence-electron chi connectivity index (χ1n) is 10.0. The van der Waals surface area contributed by atoms with E-state index in [2.05, 4.69) is 10.3 Å². The first-order chi connectivity index (χ1) is 15.9. The minimum absolute atomic E-state index is 0.00743. The van der Waals surface area contributed by atoms with Crippen LogP contribution in [0.1, 0.15) is 39.3 Å². The predicted octanol–water partition coefficient (Wildman–Crippen LogP) is 5.91. The summed E-state index contributed by atoms with van der Waals surface area (Å²) in [4.78, 5) is 42.1. The summed E-state index contributed by atoms with van der Waals surface area (Å²) in [6.07, 6.45) is -0.0540. The zero-order chi connectivity index (χ0) is 23.5. The van der Waals surface area contributed by atoms with E-state index in [4.69, 9.17) is 20.8 Å². The number of amides is 1. The second-order valence-corrected chi connectivity index (χ2v) is 8.66. The summed E-state index contributed by atoms with van der Waals surface area (Å²) >= 11 is 7.22. The van der Waals surface area contributed by atoms with Crippen LogP contribution in [-0.2, 0) is 9.53 Å². The van der Waals surface area contributed by atoms with E-state index in [0.29, 0.717) is 26.9 Å². The predicted molar refractivity (Wildman–Crippen MR) is 127 cm³/mol. The number of aryl methyl sites for hydroxylation is 1. The molecule has 4 rings (SSSR count). The van der Waals surface area contributed by atoms with Gasteiger partial charge in [0.25, 0.3) is 0 Å². The standard InChI is InChI=1S/C24H19ClN2O5S/c1-13-20(24(30)31-2)21(23-26-16-5-3-4-6-18(16)33-23)22(32-13)27-19(29)12-11-17(28)14-7-9-15(25)10-8-14/h3-10H,11-12H2,1-2H3,(H,27,29). The van der Waals surface area contributed by atoms with Gasteiger partial charge in [-0.3, -0.25) is 14.9 Å². The highest BCUT2D eigenvalue weighted by Gasteiger charge is 2.28. The lowest BCUT2D eigenvalue weighted by atomic mass is 10.1. The SMILES string of the molecule is COC(=O)c1c(C)oc(NC(=O)CCC(=O)c2ccc(Cl)cc2)c1-c1nc2ccccc2s1. The maximum Gasteiger partial charge on any atom is 0.342 e. The number of ether oxygens (including phenoxy) is 1. The summed E-state index contributed by atoms with van der Waals surface area (Å²) in [5.74, 6) is -0.813. The van der Waals surface area contributed by atoms with Crippen LogP contribution in [0.15, 0.2) is 52.9 Å². The topological polar surface area (TPSA) is 98.5 Å². The molecule has 1 amide bonds. The van der Waals surface area contributed by atoms with E-state index in [1.54, 1.807) is 31.2 Å². The second kappa shape index (κ2) is 9.56. The maximum atomic E-state index is 12.6. The molecule has 4 aromatic rings. The fourth-order valence-corrected chi connectivity index (χ4v) is 4.50. The molecule has 2 heterocycles. The molecule has 9 heteroatoms. The molecule has 0 radical (unpaired) electrons. The molecular weight excluding hydrogens is 464 g/mol. The Morgan fingerprint density at radius 1 is 1.09 bits per heavy atom. The lowest BCUT2D eigenvalue weighted by molar-refractivity contribution is -0.116. The zero-order valence-corrected chi connectivity index (χ0v) is 19.4. The van der Waals surface area contributed by atoms with E-state index in [1.807, 2.05) is 24.3 Å². The maximum absolute atomic E-state index is 12.6. The fraction of sp³-hybridized carbons (Fsp3) is 0.167. The molecule has 0 aliphatic heterocycles. The number of benzene rings is 2. The van der Waals surface area contributed by atoms with Gasteiger partial charge in [-0.15, -0.1) is 11.3 Å². The Balaban J connectivity index is 1.59. The monoisotopic (exact) mass is 482 g/mol. The van der Waals surface area contributed by atoms with Crippen LogP contribution in [0.5, 0.6) is 0 Å². The first kappa shape index (κ1) is 22.7. The van der Waals surface area contributed by atoms with Gasteiger partial charge < -0.3 is 9.15 Å². The van der Waals surface area contributed by atoms with Gasteiger partial charge in [0.1, 0.15) is 16.3 Å². The van der Waals surface area contributed by atoms with Crippen LogP contribution in [0.4, 0.5) is 5.88 Å². The molecule has 168 valence electrons. The van der Waals surface area contributed by atoms with Gasteiger partial charge in [0, 0.05) is 23.4 Å². The molecule has 0 unspecified atom stereocenters. The molecule has 0 fully saturated rings. The van der Waals surface area contributed by atoms with Gasteiger partial charge in [0.05, 0.1) is 22.9 Å². The van der Waals surface area contributed by atoms with E-state index in [9.17, 15) is 14.4 Å². The van der Waals surface area contributed by atoms with Crippen molar-refractivity contribution in [1.82, 2.24) is 4.98 Å². The molecule has 0 atom stereocenters. The lowest BCUT2D eigenvalue weighted by Crippen LogP contribution is -2.14. The Hall–Kier alpha value is -3.49. The van der Waals surface area contributed by atoms with Gasteiger partial charge in [-0.1, -0.05) is 23.7 Å². The van der Waals surface area contributed by atoms with Crippen LogP contribution in [0.3, 0.4) is 0 Å². The molecule has 0 spiro atoms. The number of halogens is 1. The molecule has 0 bridgehead atoms. The number of methoxy groups -OCH3 is 1. The largest absolute Gasteiger partial charge is 0.465 e. The number of hydrogen-bond acceptors (Lipinski definition) is 7. The van der Waals surface area contributed by atoms with Crippen LogP contribution in [0.2, 0.25) is 5.02 Å². The van der Waals surface area contributed by atoms with Gasteiger partial charge in [0.15, 0.2) is 5.78 Å². The summed E-state index contributed by atoms with van der Waals surface area (Å²) < 4.78 is 11.6. The third-order valence-corrected chi connectivity index (χ3v) is 6.29. The van der Waals surface area contributed by atoms with Crippen molar-refractivity contribution in [2.75, 3.05) is 12.4 Å². The lowest BCUT2D eigenvalue weighted by Gasteiger charge is -2.05. The minimum Gasteiger partial charge on any atom is -0.465 e. The Morgan fingerprint density at radius 3 is 2.52 bits per heavy atom. The highest BCUT2D eigenvalue weighted by atomic mass is 35.5. The number of nitrogens with one attached hydrogen (secondary N) is 1. The van der Waals surface area contributed by atoms with E-state index in [-0.39, 0.29) is 30.1 Å². The molecule has 0 saturated heterocycles. The molecule has 2 aromatic carbocycles. The Kier molecular flexibility index (Phi) is 6.57. The molecule has 0 saturated carbocycles. The first-order valence-corrected chi connectivity index (χ1v) is 11.2. The number of Topliss-reactive ketones (excluding diaryl/α,β-unsaturated/α-hetero) is 1. The second-order valence-electron chi connectivity index (χ2n) is 7.19. The summed E-state index contributed by atoms with van der Waals surface area (Å²) in [5.41, 5.74) is 1.80. The van der Waals surface area contributed by atoms with Gasteiger partial charge in [-0.05, 0) is 43.3 Å². The zero-order valence-electron chi connectivity index (χ0n) is 17.8. The molecule has 0 aliphatic carbocycles. The number of ketones is 1. The van der Waals surface area contributed by atoms with Crippen molar-refractivity contribution < 1.29 is 23.5 Å². The molecule has 0 aliphatic rings. The smallest absolute Gasteiger partial charge is 0.342 e. The highest BCUT2D eigenvalue weighted by molar-refractivity contribution is 7.21. The number of carbonyl (C=O) groups is 3. The highest BCUT2D eigenvalue weighted by Crippen LogP contribution is 2.40. The van der Waals surface area contributed by atoms with Crippen molar-refractivity contribution in [1.29, 1.82) is 0 Å². The minimum atomic E-state index is -0.594. The van der Waals surface area contributed by atoms with E-state index in [1.165, 1.54) is 18.4 Å². The average Bonchev–Trinajstić information content (AvgIpc) is 3.37. The Labute approximate surface area is 198 Å². The molecule has 7 nitrogen and oxygen atoms in total. The van der Waals surface area contributed by atoms with E-state index < -0.39 is 11.9 Å². The van der Waals surface area contributed by atoms with Crippen LogP contribution >= 0.6 is 22.9 Å². The molecule has 2 aromatic heterocycles. The number of furan rings is 1. The summed E-state index contributed by atoms with van der Waals surface area (Å²) in [7, 11) is 1.28. The summed E-state index contributed by atoms with van der Waals surface area (Å²) in [6, 6.07) is 14.0. The summed E-state index contributed by atoms with van der Waals surface area (Å²) in [5, 5.41) is 3.73. The quantitative estimate of drug-likeness (QED) is 0.260. The number of esters is 1. The van der Waals surface area contributed by atoms with Crippen molar-refractivity contribution >= 4 is 56.7 Å². The van der Waals surface area contributed by atoms with Crippen molar-refractivity contribution in [3.8, 4) is 10.6 Å². The number of nitrogens with zero attached hydrogens (tertiary/aromatic N) is 1. The Morgan fingerprint density at radius 2 is 1.82 bits per heavy atom. The number of hydrogen-bond donors (Lipinski definition) is 1. The number of rotatable bonds is 7. The van der Waals surface area contributed by atoms with Gasteiger partial charge >= 0.3 is 5.97 Å². The average molecular weight is 483 g/mol. The Bertz CT molecular complexity index is 1320. The van der Waals surface area contributed by atoms with Gasteiger partial charge in [-0.25, -0.2) is 9.78 Å². The number of anilines is 1. The number of thiazole rings is 1. The van der Waals surface area contributed by atoms with Gasteiger partial charge in [0.2, 0.25) is 11.8 Å². The van der Waals surface area contributed by atoms with Crippen molar-refractivity contribution in [2.45, 2.75) is 19.8 Å². The fourth-order valence-electron chi connectivity index (χ4n) is 3.36. The molecular formula is C24H19ClN2O5S. The van der Waals surface area contributed by atoms with E-state index >= 15 is 0 Å². The number of fused-ring (bicyclic) bond motifs is 1. The van der Waals surface area contributed by atoms with Crippen molar-refractivity contribution in [3.05, 3.63) is 70.4 Å². The van der Waals surface area contributed by atoms with Crippen LogP contribution in [-0.4, -0.2) is 29.8 Å². The third-order valence-electron chi connectivity index (χ3n) is 4.98. The normalized spacial score (nSPS) is 10.9. The van der Waals surface area contributed by atoms with Crippen molar-refractivity contribution in [2.24, 2.45) is 0 Å².